The van der Waals surface area contributed by atoms with Crippen LogP contribution in [0.15, 0.2) is 23.4 Å². The number of benzene rings is 1. The highest BCUT2D eigenvalue weighted by molar-refractivity contribution is 8.00. The van der Waals surface area contributed by atoms with Gasteiger partial charge in [0.2, 0.25) is 11.9 Å². The molecule has 1 saturated heterocycles. The lowest BCUT2D eigenvalue weighted by molar-refractivity contribution is -0.115. The number of anilines is 2. The van der Waals surface area contributed by atoms with Crippen LogP contribution in [0.25, 0.3) is 0 Å². The van der Waals surface area contributed by atoms with Gasteiger partial charge in [-0.25, -0.2) is 4.39 Å². The van der Waals surface area contributed by atoms with E-state index in [0.717, 1.165) is 19.0 Å². The number of carbonyl (C=O) groups is 1. The largest absolute Gasteiger partial charge is 0.378 e. The Morgan fingerprint density at radius 2 is 2.11 bits per heavy atom. The van der Waals surface area contributed by atoms with Crippen molar-refractivity contribution in [2.75, 3.05) is 36.5 Å². The van der Waals surface area contributed by atoms with Crippen molar-refractivity contribution in [2.24, 2.45) is 0 Å². The van der Waals surface area contributed by atoms with E-state index in [9.17, 15) is 9.18 Å². The Bertz CT molecular complexity index is 807. The normalized spacial score (nSPS) is 15.6. The van der Waals surface area contributed by atoms with Crippen molar-refractivity contribution in [1.29, 1.82) is 0 Å². The summed E-state index contributed by atoms with van der Waals surface area (Å²) < 4.78 is 21.1. The van der Waals surface area contributed by atoms with Crippen LogP contribution in [0.3, 0.4) is 0 Å². The molecule has 2 aromatic rings. The van der Waals surface area contributed by atoms with E-state index in [2.05, 4.69) is 20.4 Å². The number of thioether (sulfide) groups is 1. The summed E-state index contributed by atoms with van der Waals surface area (Å²) in [5.41, 5.74) is 0.989. The van der Waals surface area contributed by atoms with Gasteiger partial charge in [-0.2, -0.15) is 0 Å². The Morgan fingerprint density at radius 1 is 1.37 bits per heavy atom. The van der Waals surface area contributed by atoms with Gasteiger partial charge in [-0.1, -0.05) is 17.8 Å². The summed E-state index contributed by atoms with van der Waals surface area (Å²) in [6.45, 7) is 9.11. The Labute approximate surface area is 162 Å². The standard InChI is InChI=1S/C18H24FN5O2S/c1-4-24-17(23-7-9-26-10-8-23)21-22-18(24)27-13(3)16(25)20-14-6-5-12(2)15(19)11-14/h5-6,11,13H,4,7-10H2,1-3H3,(H,20,25). The van der Waals surface area contributed by atoms with Crippen LogP contribution >= 0.6 is 11.8 Å². The van der Waals surface area contributed by atoms with E-state index in [1.807, 2.05) is 11.5 Å². The average Bonchev–Trinajstić information content (AvgIpc) is 3.08. The van der Waals surface area contributed by atoms with Gasteiger partial charge in [0, 0.05) is 25.3 Å². The van der Waals surface area contributed by atoms with Crippen LogP contribution in [-0.2, 0) is 16.1 Å². The third-order valence-corrected chi connectivity index (χ3v) is 5.48. The molecule has 27 heavy (non-hydrogen) atoms. The van der Waals surface area contributed by atoms with Crippen molar-refractivity contribution >= 4 is 29.3 Å². The molecule has 1 unspecified atom stereocenters. The first-order chi connectivity index (χ1) is 13.0. The molecule has 1 aliphatic rings. The summed E-state index contributed by atoms with van der Waals surface area (Å²) in [5, 5.41) is 11.6. The molecule has 3 rings (SSSR count). The number of morpholine rings is 1. The molecule has 1 aliphatic heterocycles. The molecule has 0 aliphatic carbocycles. The van der Waals surface area contributed by atoms with Gasteiger partial charge in [0.15, 0.2) is 5.16 Å². The molecule has 1 aromatic carbocycles. The number of nitrogens with zero attached hydrogens (tertiary/aromatic N) is 4. The number of hydrogen-bond acceptors (Lipinski definition) is 6. The molecule has 146 valence electrons. The Balaban J connectivity index is 1.67. The molecule has 1 amide bonds. The molecule has 0 saturated carbocycles. The minimum Gasteiger partial charge on any atom is -0.378 e. The summed E-state index contributed by atoms with van der Waals surface area (Å²) >= 11 is 1.34. The number of hydrogen-bond donors (Lipinski definition) is 1. The zero-order chi connectivity index (χ0) is 19.4. The molecule has 1 fully saturated rings. The van der Waals surface area contributed by atoms with Crippen molar-refractivity contribution in [2.45, 2.75) is 37.7 Å². The maximum Gasteiger partial charge on any atom is 0.237 e. The van der Waals surface area contributed by atoms with Gasteiger partial charge in [0.25, 0.3) is 0 Å². The van der Waals surface area contributed by atoms with Gasteiger partial charge in [-0.3, -0.25) is 9.36 Å². The molecule has 0 spiro atoms. The lowest BCUT2D eigenvalue weighted by atomic mass is 10.2. The van der Waals surface area contributed by atoms with Crippen LogP contribution in [-0.4, -0.2) is 52.2 Å². The molecule has 9 heteroatoms. The monoisotopic (exact) mass is 393 g/mol. The fraction of sp³-hybridized carbons (Fsp3) is 0.500. The second-order valence-corrected chi connectivity index (χ2v) is 7.65. The van der Waals surface area contributed by atoms with Gasteiger partial charge < -0.3 is 15.0 Å². The number of halogens is 1. The van der Waals surface area contributed by atoms with E-state index in [0.29, 0.717) is 36.2 Å². The number of aromatic nitrogens is 3. The van der Waals surface area contributed by atoms with Crippen LogP contribution in [0.1, 0.15) is 19.4 Å². The second-order valence-electron chi connectivity index (χ2n) is 6.34. The van der Waals surface area contributed by atoms with E-state index >= 15 is 0 Å². The number of amides is 1. The van der Waals surface area contributed by atoms with Gasteiger partial charge in [0.1, 0.15) is 5.82 Å². The second kappa shape index (κ2) is 8.71. The first-order valence-electron chi connectivity index (χ1n) is 8.99. The van der Waals surface area contributed by atoms with Crippen LogP contribution in [0, 0.1) is 12.7 Å². The predicted molar refractivity (Wildman–Crippen MR) is 104 cm³/mol. The van der Waals surface area contributed by atoms with E-state index in [-0.39, 0.29) is 11.7 Å². The van der Waals surface area contributed by atoms with E-state index < -0.39 is 5.25 Å². The summed E-state index contributed by atoms with van der Waals surface area (Å²) in [5.74, 6) is 0.257. The van der Waals surface area contributed by atoms with Crippen molar-refractivity contribution in [3.8, 4) is 0 Å². The van der Waals surface area contributed by atoms with E-state index in [4.69, 9.17) is 4.74 Å². The van der Waals surface area contributed by atoms with Gasteiger partial charge in [0.05, 0.1) is 18.5 Å². The molecule has 2 heterocycles. The van der Waals surface area contributed by atoms with Gasteiger partial charge in [-0.15, -0.1) is 10.2 Å². The molecule has 7 nitrogen and oxygen atoms in total. The molecule has 0 radical (unpaired) electrons. The summed E-state index contributed by atoms with van der Waals surface area (Å²) in [7, 11) is 0. The molecule has 0 bridgehead atoms. The van der Waals surface area contributed by atoms with Crippen molar-refractivity contribution in [1.82, 2.24) is 14.8 Å². The van der Waals surface area contributed by atoms with Crippen molar-refractivity contribution in [3.05, 3.63) is 29.6 Å². The van der Waals surface area contributed by atoms with Crippen LogP contribution in [0.2, 0.25) is 0 Å². The number of nitrogens with one attached hydrogen (secondary N) is 1. The molecular formula is C18H24FN5O2S. The SMILES string of the molecule is CCn1c(SC(C)C(=O)Nc2ccc(C)c(F)c2)nnc1N1CCOCC1. The van der Waals surface area contributed by atoms with E-state index in [1.165, 1.54) is 17.8 Å². The first-order valence-corrected chi connectivity index (χ1v) is 9.87. The fourth-order valence-electron chi connectivity index (χ4n) is 2.77. The summed E-state index contributed by atoms with van der Waals surface area (Å²) in [6.07, 6.45) is 0. The maximum absolute atomic E-state index is 13.7. The number of carbonyl (C=O) groups excluding carboxylic acids is 1. The smallest absolute Gasteiger partial charge is 0.237 e. The molecular weight excluding hydrogens is 369 g/mol. The highest BCUT2D eigenvalue weighted by Gasteiger charge is 2.23. The zero-order valence-electron chi connectivity index (χ0n) is 15.7. The number of aryl methyl sites for hydroxylation is 1. The Hall–Kier alpha value is -2.13. The molecule has 1 aromatic heterocycles. The van der Waals surface area contributed by atoms with Gasteiger partial charge >= 0.3 is 0 Å². The van der Waals surface area contributed by atoms with E-state index in [1.54, 1.807) is 26.0 Å². The zero-order valence-corrected chi connectivity index (χ0v) is 16.6. The lowest BCUT2D eigenvalue weighted by Gasteiger charge is -2.27. The minimum atomic E-state index is -0.401. The van der Waals surface area contributed by atoms with Crippen LogP contribution in [0.5, 0.6) is 0 Å². The third-order valence-electron chi connectivity index (χ3n) is 4.40. The van der Waals surface area contributed by atoms with Crippen molar-refractivity contribution in [3.63, 3.8) is 0 Å². The third kappa shape index (κ3) is 4.59. The van der Waals surface area contributed by atoms with Crippen molar-refractivity contribution < 1.29 is 13.9 Å². The van der Waals surface area contributed by atoms with Crippen LogP contribution < -0.4 is 10.2 Å². The first kappa shape index (κ1) is 19.6. The molecule has 1 N–H and O–H groups in total. The van der Waals surface area contributed by atoms with Gasteiger partial charge in [-0.05, 0) is 38.5 Å². The molecule has 1 atom stereocenters. The Morgan fingerprint density at radius 3 is 2.78 bits per heavy atom. The predicted octanol–water partition coefficient (Wildman–Crippen LogP) is 2.70. The Kier molecular flexibility index (Phi) is 6.33. The lowest BCUT2D eigenvalue weighted by Crippen LogP contribution is -2.38. The number of ether oxygens (including phenoxy) is 1. The summed E-state index contributed by atoms with van der Waals surface area (Å²) in [4.78, 5) is 14.6. The quantitative estimate of drug-likeness (QED) is 0.761. The highest BCUT2D eigenvalue weighted by Crippen LogP contribution is 2.27. The summed E-state index contributed by atoms with van der Waals surface area (Å²) in [6, 6.07) is 4.67. The number of rotatable bonds is 6. The topological polar surface area (TPSA) is 72.3 Å². The minimum absolute atomic E-state index is 0.207. The maximum atomic E-state index is 13.7. The average molecular weight is 393 g/mol. The fourth-order valence-corrected chi connectivity index (χ4v) is 3.68. The van der Waals surface area contributed by atoms with Crippen LogP contribution in [0.4, 0.5) is 16.0 Å². The highest BCUT2D eigenvalue weighted by atomic mass is 32.2.